The van der Waals surface area contributed by atoms with Gasteiger partial charge in [0.2, 0.25) is 0 Å². The summed E-state index contributed by atoms with van der Waals surface area (Å²) in [6, 6.07) is 6.43. The number of carbonyl (C=O) groups excluding carboxylic acids is 1. The molecular formula is C17H26N4O. The molecule has 2 heterocycles. The van der Waals surface area contributed by atoms with Gasteiger partial charge in [-0.1, -0.05) is 25.8 Å². The average Bonchev–Trinajstić information content (AvgIpc) is 2.58. The first kappa shape index (κ1) is 15.1. The van der Waals surface area contributed by atoms with Gasteiger partial charge in [0.1, 0.15) is 5.82 Å². The van der Waals surface area contributed by atoms with Crippen LogP contribution in [0.1, 0.15) is 32.6 Å². The number of nitrogens with one attached hydrogen (secondary N) is 1. The SMILES string of the molecule is C[C@@H]1CCCC[C@@H]1NC(=O)N1CCN(c2ccccn2)CC1. The van der Waals surface area contributed by atoms with E-state index >= 15 is 0 Å². The zero-order chi connectivity index (χ0) is 15.4. The highest BCUT2D eigenvalue weighted by Crippen LogP contribution is 2.24. The summed E-state index contributed by atoms with van der Waals surface area (Å²) < 4.78 is 0. The number of amides is 2. The molecule has 2 amide bonds. The van der Waals surface area contributed by atoms with Gasteiger partial charge in [-0.15, -0.1) is 0 Å². The van der Waals surface area contributed by atoms with Crippen LogP contribution in [-0.4, -0.2) is 48.1 Å². The number of urea groups is 1. The van der Waals surface area contributed by atoms with Crippen molar-refractivity contribution in [2.75, 3.05) is 31.1 Å². The van der Waals surface area contributed by atoms with Gasteiger partial charge >= 0.3 is 6.03 Å². The molecule has 5 nitrogen and oxygen atoms in total. The fourth-order valence-corrected chi connectivity index (χ4v) is 3.46. The number of pyridine rings is 1. The second-order valence-corrected chi connectivity index (χ2v) is 6.48. The fourth-order valence-electron chi connectivity index (χ4n) is 3.46. The van der Waals surface area contributed by atoms with Crippen molar-refractivity contribution >= 4 is 11.8 Å². The predicted molar refractivity (Wildman–Crippen MR) is 88.0 cm³/mol. The van der Waals surface area contributed by atoms with Gasteiger partial charge < -0.3 is 15.1 Å². The minimum Gasteiger partial charge on any atom is -0.353 e. The number of hydrogen-bond acceptors (Lipinski definition) is 3. The van der Waals surface area contributed by atoms with Crippen molar-refractivity contribution < 1.29 is 4.79 Å². The maximum absolute atomic E-state index is 12.4. The van der Waals surface area contributed by atoms with Crippen LogP contribution in [0.5, 0.6) is 0 Å². The van der Waals surface area contributed by atoms with E-state index in [4.69, 9.17) is 0 Å². The molecule has 1 aromatic rings. The van der Waals surface area contributed by atoms with E-state index in [2.05, 4.69) is 22.1 Å². The monoisotopic (exact) mass is 302 g/mol. The Morgan fingerprint density at radius 3 is 2.64 bits per heavy atom. The number of hydrogen-bond donors (Lipinski definition) is 1. The van der Waals surface area contributed by atoms with Crippen molar-refractivity contribution in [1.82, 2.24) is 15.2 Å². The van der Waals surface area contributed by atoms with Gasteiger partial charge in [0.05, 0.1) is 0 Å². The molecule has 2 atom stereocenters. The van der Waals surface area contributed by atoms with E-state index in [0.717, 1.165) is 38.4 Å². The van der Waals surface area contributed by atoms with Gasteiger partial charge in [-0.2, -0.15) is 0 Å². The Morgan fingerprint density at radius 2 is 1.95 bits per heavy atom. The third-order valence-electron chi connectivity index (χ3n) is 4.96. The Labute approximate surface area is 132 Å². The first-order chi connectivity index (χ1) is 10.7. The quantitative estimate of drug-likeness (QED) is 0.913. The third kappa shape index (κ3) is 3.51. The lowest BCUT2D eigenvalue weighted by atomic mass is 9.86. The predicted octanol–water partition coefficient (Wildman–Crippen LogP) is 2.49. The molecule has 1 saturated carbocycles. The fraction of sp³-hybridized carbons (Fsp3) is 0.647. The first-order valence-corrected chi connectivity index (χ1v) is 8.45. The van der Waals surface area contributed by atoms with Crippen molar-refractivity contribution in [1.29, 1.82) is 0 Å². The molecular weight excluding hydrogens is 276 g/mol. The number of aromatic nitrogens is 1. The molecule has 0 radical (unpaired) electrons. The van der Waals surface area contributed by atoms with E-state index in [1.54, 1.807) is 0 Å². The zero-order valence-corrected chi connectivity index (χ0v) is 13.4. The third-order valence-corrected chi connectivity index (χ3v) is 4.96. The molecule has 1 aliphatic carbocycles. The van der Waals surface area contributed by atoms with Crippen molar-refractivity contribution in [2.45, 2.75) is 38.6 Å². The van der Waals surface area contributed by atoms with E-state index in [1.165, 1.54) is 19.3 Å². The van der Waals surface area contributed by atoms with Crippen LogP contribution >= 0.6 is 0 Å². The van der Waals surface area contributed by atoms with E-state index in [1.807, 2.05) is 29.3 Å². The highest BCUT2D eigenvalue weighted by Gasteiger charge is 2.27. The Balaban J connectivity index is 1.49. The largest absolute Gasteiger partial charge is 0.353 e. The molecule has 0 aromatic carbocycles. The lowest BCUT2D eigenvalue weighted by Gasteiger charge is -2.37. The summed E-state index contributed by atoms with van der Waals surface area (Å²) in [5.74, 6) is 1.61. The summed E-state index contributed by atoms with van der Waals surface area (Å²) >= 11 is 0. The lowest BCUT2D eigenvalue weighted by Crippen LogP contribution is -2.54. The molecule has 1 aromatic heterocycles. The number of anilines is 1. The molecule has 3 rings (SSSR count). The van der Waals surface area contributed by atoms with Crippen molar-refractivity contribution in [2.24, 2.45) is 5.92 Å². The standard InChI is InChI=1S/C17H26N4O/c1-14-6-2-3-7-15(14)19-17(22)21-12-10-20(11-13-21)16-8-4-5-9-18-16/h4-5,8-9,14-15H,2-3,6-7,10-13H2,1H3,(H,19,22)/t14-,15+/m1/s1. The van der Waals surface area contributed by atoms with Crippen LogP contribution in [0.2, 0.25) is 0 Å². The van der Waals surface area contributed by atoms with Gasteiger partial charge in [0, 0.05) is 38.4 Å². The van der Waals surface area contributed by atoms with Gasteiger partial charge in [0.25, 0.3) is 0 Å². The molecule has 1 saturated heterocycles. The highest BCUT2D eigenvalue weighted by atomic mass is 16.2. The molecule has 5 heteroatoms. The molecule has 0 unspecified atom stereocenters. The molecule has 120 valence electrons. The van der Waals surface area contributed by atoms with Gasteiger partial charge in [-0.3, -0.25) is 0 Å². The molecule has 0 bridgehead atoms. The van der Waals surface area contributed by atoms with Crippen LogP contribution in [0.4, 0.5) is 10.6 Å². The van der Waals surface area contributed by atoms with Crippen LogP contribution in [0.25, 0.3) is 0 Å². The van der Waals surface area contributed by atoms with E-state index in [0.29, 0.717) is 12.0 Å². The topological polar surface area (TPSA) is 48.5 Å². The number of piperazine rings is 1. The maximum atomic E-state index is 12.4. The Morgan fingerprint density at radius 1 is 1.18 bits per heavy atom. The second kappa shape index (κ2) is 6.99. The smallest absolute Gasteiger partial charge is 0.317 e. The summed E-state index contributed by atoms with van der Waals surface area (Å²) in [5, 5.41) is 3.25. The normalized spacial score (nSPS) is 25.9. The molecule has 22 heavy (non-hydrogen) atoms. The molecule has 2 fully saturated rings. The molecule has 2 aliphatic rings. The minimum absolute atomic E-state index is 0.111. The molecule has 0 spiro atoms. The highest BCUT2D eigenvalue weighted by molar-refractivity contribution is 5.75. The zero-order valence-electron chi connectivity index (χ0n) is 13.4. The Bertz CT molecular complexity index is 485. The second-order valence-electron chi connectivity index (χ2n) is 6.48. The van der Waals surface area contributed by atoms with Gasteiger partial charge in [-0.25, -0.2) is 9.78 Å². The number of rotatable bonds is 2. The van der Waals surface area contributed by atoms with E-state index < -0.39 is 0 Å². The van der Waals surface area contributed by atoms with Gasteiger partial charge in [-0.05, 0) is 30.9 Å². The summed E-state index contributed by atoms with van der Waals surface area (Å²) in [6.45, 7) is 5.49. The van der Waals surface area contributed by atoms with Crippen LogP contribution in [0, 0.1) is 5.92 Å². The summed E-state index contributed by atoms with van der Waals surface area (Å²) in [6.07, 6.45) is 6.72. The van der Waals surface area contributed by atoms with Crippen molar-refractivity contribution in [3.05, 3.63) is 24.4 Å². The first-order valence-electron chi connectivity index (χ1n) is 8.45. The lowest BCUT2D eigenvalue weighted by molar-refractivity contribution is 0.179. The summed E-state index contributed by atoms with van der Waals surface area (Å²) in [7, 11) is 0. The van der Waals surface area contributed by atoms with Crippen LogP contribution in [0.15, 0.2) is 24.4 Å². The van der Waals surface area contributed by atoms with Crippen LogP contribution in [-0.2, 0) is 0 Å². The van der Waals surface area contributed by atoms with E-state index in [9.17, 15) is 4.79 Å². The Kier molecular flexibility index (Phi) is 4.80. The van der Waals surface area contributed by atoms with Crippen LogP contribution < -0.4 is 10.2 Å². The maximum Gasteiger partial charge on any atom is 0.317 e. The Hall–Kier alpha value is -1.78. The molecule has 1 N–H and O–H groups in total. The summed E-state index contributed by atoms with van der Waals surface area (Å²) in [4.78, 5) is 21.0. The van der Waals surface area contributed by atoms with Crippen molar-refractivity contribution in [3.63, 3.8) is 0 Å². The summed E-state index contributed by atoms with van der Waals surface area (Å²) in [5.41, 5.74) is 0. The number of carbonyl (C=O) groups is 1. The van der Waals surface area contributed by atoms with Crippen molar-refractivity contribution in [3.8, 4) is 0 Å². The van der Waals surface area contributed by atoms with Crippen LogP contribution in [0.3, 0.4) is 0 Å². The minimum atomic E-state index is 0.111. The average molecular weight is 302 g/mol. The number of nitrogens with zero attached hydrogens (tertiary/aromatic N) is 3. The van der Waals surface area contributed by atoms with E-state index in [-0.39, 0.29) is 6.03 Å². The molecule has 1 aliphatic heterocycles. The van der Waals surface area contributed by atoms with Gasteiger partial charge in [0.15, 0.2) is 0 Å².